The number of hydrogen-bond acceptors (Lipinski definition) is 7. The second-order valence-corrected chi connectivity index (χ2v) is 6.96. The number of nitrogens with one attached hydrogen (secondary N) is 1. The molecule has 0 bridgehead atoms. The van der Waals surface area contributed by atoms with Gasteiger partial charge in [0.25, 0.3) is 0 Å². The van der Waals surface area contributed by atoms with Crippen molar-refractivity contribution in [2.75, 3.05) is 19.9 Å². The highest BCUT2D eigenvalue weighted by Gasteiger charge is 2.28. The summed E-state index contributed by atoms with van der Waals surface area (Å²) in [6.45, 7) is 0.297. The van der Waals surface area contributed by atoms with Crippen LogP contribution in [0.25, 0.3) is 11.0 Å². The van der Waals surface area contributed by atoms with Gasteiger partial charge >= 0.3 is 0 Å². The lowest BCUT2D eigenvalue weighted by Crippen LogP contribution is -2.28. The third-order valence-corrected chi connectivity index (χ3v) is 5.03. The van der Waals surface area contributed by atoms with E-state index in [1.165, 1.54) is 12.3 Å². The van der Waals surface area contributed by atoms with Crippen molar-refractivity contribution in [2.24, 2.45) is 0 Å². The van der Waals surface area contributed by atoms with Crippen molar-refractivity contribution in [3.8, 4) is 17.2 Å². The molecule has 1 amide bonds. The summed E-state index contributed by atoms with van der Waals surface area (Å²) in [5, 5.41) is 22.6. The molecule has 8 heteroatoms. The lowest BCUT2D eigenvalue weighted by Gasteiger charge is -2.19. The Morgan fingerprint density at radius 2 is 1.90 bits per heavy atom. The van der Waals surface area contributed by atoms with Crippen LogP contribution in [0.2, 0.25) is 0 Å². The number of aromatic hydroxyl groups is 1. The summed E-state index contributed by atoms with van der Waals surface area (Å²) in [6.07, 6.45) is 1.66. The molecule has 0 aliphatic carbocycles. The van der Waals surface area contributed by atoms with E-state index < -0.39 is 5.92 Å². The average Bonchev–Trinajstić information content (AvgIpc) is 3.20. The van der Waals surface area contributed by atoms with Crippen LogP contribution in [0.5, 0.6) is 17.2 Å². The number of ether oxygens (including phenoxy) is 2. The van der Waals surface area contributed by atoms with E-state index in [0.29, 0.717) is 41.0 Å². The third kappa shape index (κ3) is 3.81. The van der Waals surface area contributed by atoms with Crippen molar-refractivity contribution in [1.29, 1.82) is 0 Å². The largest absolute Gasteiger partial charge is 0.508 e. The second kappa shape index (κ2) is 8.46. The van der Waals surface area contributed by atoms with Gasteiger partial charge in [-0.15, -0.1) is 0 Å². The summed E-state index contributed by atoms with van der Waals surface area (Å²) in [4.78, 5) is 25.7. The molecule has 156 valence electrons. The molecule has 0 radical (unpaired) electrons. The SMILES string of the molecule is O=C(C[C@H](c1cc2c(cc1O)OCO2)c1coc2ccccc2c1=O)NCCCO. The molecule has 0 spiro atoms. The maximum atomic E-state index is 13.2. The van der Waals surface area contributed by atoms with Crippen molar-refractivity contribution >= 4 is 16.9 Å². The normalized spacial score (nSPS) is 13.4. The Hall–Kier alpha value is -3.52. The second-order valence-electron chi connectivity index (χ2n) is 6.96. The summed E-state index contributed by atoms with van der Waals surface area (Å²) in [7, 11) is 0. The number of para-hydroxylation sites is 1. The number of hydrogen-bond donors (Lipinski definition) is 3. The molecular weight excluding hydrogens is 390 g/mol. The topological polar surface area (TPSA) is 118 Å². The molecule has 4 rings (SSSR count). The van der Waals surface area contributed by atoms with E-state index >= 15 is 0 Å². The fraction of sp³-hybridized carbons (Fsp3) is 0.273. The lowest BCUT2D eigenvalue weighted by molar-refractivity contribution is -0.121. The van der Waals surface area contributed by atoms with Crippen molar-refractivity contribution in [2.45, 2.75) is 18.8 Å². The molecule has 2 heterocycles. The Kier molecular flexibility index (Phi) is 5.58. The van der Waals surface area contributed by atoms with Gasteiger partial charge in [0, 0.05) is 42.7 Å². The number of benzene rings is 2. The first-order valence-electron chi connectivity index (χ1n) is 9.59. The number of carbonyl (C=O) groups is 1. The summed E-state index contributed by atoms with van der Waals surface area (Å²) in [6, 6.07) is 9.84. The molecule has 30 heavy (non-hydrogen) atoms. The number of aliphatic hydroxyl groups excluding tert-OH is 1. The van der Waals surface area contributed by atoms with Crippen LogP contribution < -0.4 is 20.2 Å². The van der Waals surface area contributed by atoms with E-state index in [2.05, 4.69) is 5.32 Å². The van der Waals surface area contributed by atoms with Crippen LogP contribution in [0.3, 0.4) is 0 Å². The molecular formula is C22H21NO7. The van der Waals surface area contributed by atoms with E-state index in [0.717, 1.165) is 0 Å². The van der Waals surface area contributed by atoms with E-state index in [4.69, 9.17) is 19.0 Å². The Balaban J connectivity index is 1.78. The number of phenols is 1. The highest BCUT2D eigenvalue weighted by Crippen LogP contribution is 2.42. The van der Waals surface area contributed by atoms with Gasteiger partial charge in [0.05, 0.1) is 11.6 Å². The number of rotatable bonds is 7. The van der Waals surface area contributed by atoms with Crippen LogP contribution in [0.1, 0.15) is 29.9 Å². The fourth-order valence-electron chi connectivity index (χ4n) is 3.51. The number of aliphatic hydroxyl groups is 1. The van der Waals surface area contributed by atoms with Gasteiger partial charge in [0.2, 0.25) is 12.7 Å². The van der Waals surface area contributed by atoms with Gasteiger partial charge in [-0.3, -0.25) is 9.59 Å². The summed E-state index contributed by atoms with van der Waals surface area (Å²) < 4.78 is 16.3. The Morgan fingerprint density at radius 1 is 1.13 bits per heavy atom. The van der Waals surface area contributed by atoms with Gasteiger partial charge < -0.3 is 29.4 Å². The molecule has 1 aliphatic heterocycles. The molecule has 3 aromatic rings. The van der Waals surface area contributed by atoms with Gasteiger partial charge in [-0.05, 0) is 24.6 Å². The standard InChI is InChI=1S/C22H21NO7/c24-7-3-6-23-21(26)9-14(15-8-19-20(10-17(15)25)30-12-29-19)16-11-28-18-5-2-1-4-13(18)22(16)27/h1-2,4-5,8,10-11,14,24-25H,3,6-7,9,12H2,(H,23,26)/t14-/m1/s1. The predicted octanol–water partition coefficient (Wildman–Crippen LogP) is 2.25. The minimum absolute atomic E-state index is 0.0304. The van der Waals surface area contributed by atoms with E-state index in [1.807, 2.05) is 0 Å². The zero-order chi connectivity index (χ0) is 21.1. The predicted molar refractivity (Wildman–Crippen MR) is 108 cm³/mol. The van der Waals surface area contributed by atoms with Crippen LogP contribution >= 0.6 is 0 Å². The molecule has 2 aromatic carbocycles. The Labute approximate surface area is 171 Å². The zero-order valence-corrected chi connectivity index (χ0v) is 16.1. The maximum Gasteiger partial charge on any atom is 0.231 e. The third-order valence-electron chi connectivity index (χ3n) is 5.03. The Bertz CT molecular complexity index is 1140. The number of carbonyl (C=O) groups excluding carboxylic acids is 1. The van der Waals surface area contributed by atoms with Crippen molar-refractivity contribution in [3.63, 3.8) is 0 Å². The quantitative estimate of drug-likeness (QED) is 0.510. The molecule has 0 saturated heterocycles. The molecule has 3 N–H and O–H groups in total. The number of fused-ring (bicyclic) bond motifs is 2. The van der Waals surface area contributed by atoms with Gasteiger partial charge in [-0.2, -0.15) is 0 Å². The fourth-order valence-corrected chi connectivity index (χ4v) is 3.51. The molecule has 1 atom stereocenters. The minimum atomic E-state index is -0.769. The molecule has 0 saturated carbocycles. The average molecular weight is 411 g/mol. The summed E-state index contributed by atoms with van der Waals surface area (Å²) in [5.74, 6) is -0.376. The van der Waals surface area contributed by atoms with E-state index in [9.17, 15) is 14.7 Å². The van der Waals surface area contributed by atoms with Crippen molar-refractivity contribution in [3.05, 3.63) is 64.0 Å². The molecule has 1 aliphatic rings. The number of amides is 1. The molecule has 0 unspecified atom stereocenters. The first-order valence-corrected chi connectivity index (χ1v) is 9.59. The van der Waals surface area contributed by atoms with Crippen LogP contribution in [-0.4, -0.2) is 36.1 Å². The van der Waals surface area contributed by atoms with Gasteiger partial charge in [0.15, 0.2) is 16.9 Å². The molecule has 0 fully saturated rings. The first kappa shape index (κ1) is 19.8. The van der Waals surface area contributed by atoms with Gasteiger partial charge in [0.1, 0.15) is 11.3 Å². The first-order chi connectivity index (χ1) is 14.6. The van der Waals surface area contributed by atoms with Gasteiger partial charge in [-0.1, -0.05) is 12.1 Å². The minimum Gasteiger partial charge on any atom is -0.508 e. The van der Waals surface area contributed by atoms with Crippen molar-refractivity contribution < 1.29 is 28.9 Å². The molecule has 8 nitrogen and oxygen atoms in total. The maximum absolute atomic E-state index is 13.2. The summed E-state index contributed by atoms with van der Waals surface area (Å²) in [5.41, 5.74) is 0.772. The zero-order valence-electron chi connectivity index (χ0n) is 16.1. The van der Waals surface area contributed by atoms with E-state index in [-0.39, 0.29) is 42.5 Å². The van der Waals surface area contributed by atoms with Crippen LogP contribution in [-0.2, 0) is 4.79 Å². The smallest absolute Gasteiger partial charge is 0.231 e. The van der Waals surface area contributed by atoms with Gasteiger partial charge in [-0.25, -0.2) is 0 Å². The van der Waals surface area contributed by atoms with Crippen LogP contribution in [0.4, 0.5) is 0 Å². The van der Waals surface area contributed by atoms with E-state index in [1.54, 1.807) is 30.3 Å². The lowest BCUT2D eigenvalue weighted by atomic mass is 9.87. The number of phenolic OH excluding ortho intramolecular Hbond substituents is 1. The highest BCUT2D eigenvalue weighted by molar-refractivity contribution is 5.80. The summed E-state index contributed by atoms with van der Waals surface area (Å²) >= 11 is 0. The Morgan fingerprint density at radius 3 is 2.70 bits per heavy atom. The molecule has 1 aromatic heterocycles. The van der Waals surface area contributed by atoms with Crippen LogP contribution in [0.15, 0.2) is 51.9 Å². The monoisotopic (exact) mass is 411 g/mol. The van der Waals surface area contributed by atoms with Crippen molar-refractivity contribution in [1.82, 2.24) is 5.32 Å². The van der Waals surface area contributed by atoms with Crippen LogP contribution in [0, 0.1) is 0 Å². The highest BCUT2D eigenvalue weighted by atomic mass is 16.7.